The highest BCUT2D eigenvalue weighted by Gasteiger charge is 2.46. The van der Waals surface area contributed by atoms with Gasteiger partial charge in [0.1, 0.15) is 5.75 Å². The van der Waals surface area contributed by atoms with Crippen LogP contribution in [0, 0.1) is 12.3 Å². The van der Waals surface area contributed by atoms with E-state index in [-0.39, 0.29) is 12.5 Å². The number of aromatic nitrogens is 2. The minimum Gasteiger partial charge on any atom is -0.496 e. The largest absolute Gasteiger partial charge is 0.496 e. The number of aromatic amines is 1. The normalized spacial score (nSPS) is 16.0. The van der Waals surface area contributed by atoms with Crippen molar-refractivity contribution in [2.24, 2.45) is 0 Å². The number of hydrogen-bond acceptors (Lipinski definition) is 4. The Morgan fingerprint density at radius 2 is 1.97 bits per heavy atom. The monoisotopic (exact) mass is 467 g/mol. The molecule has 1 unspecified atom stereocenters. The summed E-state index contributed by atoms with van der Waals surface area (Å²) in [5.74, 6) is 2.98. The second-order valence-corrected chi connectivity index (χ2v) is 9.01. The second-order valence-electron chi connectivity index (χ2n) is 9.01. The summed E-state index contributed by atoms with van der Waals surface area (Å²) in [5.41, 5.74) is 4.78. The molecule has 2 heterocycles. The molecule has 0 bridgehead atoms. The maximum Gasteiger partial charge on any atom is 0.280 e. The number of rotatable bonds is 7. The quantitative estimate of drug-likeness (QED) is 0.377. The van der Waals surface area contributed by atoms with Gasteiger partial charge < -0.3 is 9.84 Å². The van der Waals surface area contributed by atoms with Gasteiger partial charge in [0.25, 0.3) is 5.91 Å². The number of aliphatic hydroxyl groups excluding tert-OH is 1. The van der Waals surface area contributed by atoms with Crippen molar-refractivity contribution < 1.29 is 14.6 Å². The van der Waals surface area contributed by atoms with Crippen LogP contribution in [-0.2, 0) is 5.41 Å². The Labute approximate surface area is 205 Å². The predicted octanol–water partition coefficient (Wildman–Crippen LogP) is 5.03. The van der Waals surface area contributed by atoms with Gasteiger partial charge >= 0.3 is 0 Å². The SMILES string of the molecule is C#C/C=C\C(=C/C)c1ccc(N2C(=O)c3n[nH]c(C(C)(C)CO)c3C2c2ccccc2OC)cc1. The van der Waals surface area contributed by atoms with Crippen LogP contribution in [0.5, 0.6) is 5.75 Å². The Balaban J connectivity index is 1.87. The van der Waals surface area contributed by atoms with Crippen molar-refractivity contribution >= 4 is 17.2 Å². The molecule has 35 heavy (non-hydrogen) atoms. The molecule has 0 radical (unpaired) electrons. The third kappa shape index (κ3) is 4.16. The molecular weight excluding hydrogens is 438 g/mol. The molecule has 2 N–H and O–H groups in total. The van der Waals surface area contributed by atoms with Crippen molar-refractivity contribution in [1.29, 1.82) is 0 Å². The number of methoxy groups -OCH3 is 1. The molecule has 4 rings (SSSR count). The number of carbonyl (C=O) groups is 1. The van der Waals surface area contributed by atoms with E-state index in [1.807, 2.05) is 81.5 Å². The number of H-pyrrole nitrogens is 1. The molecule has 1 aliphatic rings. The fourth-order valence-electron chi connectivity index (χ4n) is 4.50. The molecule has 6 heteroatoms. The van der Waals surface area contributed by atoms with Crippen LogP contribution in [0.15, 0.2) is 66.8 Å². The lowest BCUT2D eigenvalue weighted by molar-refractivity contribution is 0.0988. The van der Waals surface area contributed by atoms with Crippen LogP contribution in [0.4, 0.5) is 5.69 Å². The number of benzene rings is 2. The molecule has 2 aromatic carbocycles. The molecule has 0 fully saturated rings. The number of fused-ring (bicyclic) bond motifs is 1. The Morgan fingerprint density at radius 1 is 1.26 bits per heavy atom. The molecule has 0 saturated heterocycles. The van der Waals surface area contributed by atoms with Crippen LogP contribution < -0.4 is 9.64 Å². The molecule has 1 atom stereocenters. The van der Waals surface area contributed by atoms with Crippen molar-refractivity contribution in [2.75, 3.05) is 18.6 Å². The van der Waals surface area contributed by atoms with E-state index < -0.39 is 11.5 Å². The molecule has 1 amide bonds. The first-order chi connectivity index (χ1) is 16.9. The highest BCUT2D eigenvalue weighted by Crippen LogP contribution is 2.47. The maximum absolute atomic E-state index is 13.7. The number of anilines is 1. The molecular formula is C29H29N3O3. The van der Waals surface area contributed by atoms with E-state index in [4.69, 9.17) is 11.2 Å². The van der Waals surface area contributed by atoms with Crippen LogP contribution >= 0.6 is 0 Å². The van der Waals surface area contributed by atoms with Crippen molar-refractivity contribution in [3.05, 3.63) is 94.8 Å². The van der Waals surface area contributed by atoms with Crippen molar-refractivity contribution in [3.63, 3.8) is 0 Å². The number of nitrogens with one attached hydrogen (secondary N) is 1. The van der Waals surface area contributed by atoms with E-state index in [9.17, 15) is 9.90 Å². The van der Waals surface area contributed by atoms with Gasteiger partial charge in [-0.25, -0.2) is 0 Å². The zero-order chi connectivity index (χ0) is 25.2. The molecule has 0 spiro atoms. The van der Waals surface area contributed by atoms with E-state index in [1.165, 1.54) is 0 Å². The van der Waals surface area contributed by atoms with Gasteiger partial charge in [0.2, 0.25) is 0 Å². The Kier molecular flexibility index (Phi) is 6.63. The van der Waals surface area contributed by atoms with Gasteiger partial charge in [-0.3, -0.25) is 14.8 Å². The fourth-order valence-corrected chi connectivity index (χ4v) is 4.50. The van der Waals surface area contributed by atoms with Gasteiger partial charge in [-0.2, -0.15) is 5.10 Å². The average Bonchev–Trinajstić information content (AvgIpc) is 3.44. The molecule has 0 aliphatic carbocycles. The van der Waals surface area contributed by atoms with Crippen LogP contribution in [-0.4, -0.2) is 34.9 Å². The number of allylic oxidation sites excluding steroid dienone is 4. The van der Waals surface area contributed by atoms with Gasteiger partial charge in [0, 0.05) is 27.9 Å². The third-order valence-corrected chi connectivity index (χ3v) is 6.41. The number of hydrogen-bond donors (Lipinski definition) is 2. The Hall–Kier alpha value is -4.08. The summed E-state index contributed by atoms with van der Waals surface area (Å²) in [5, 5.41) is 17.5. The standard InChI is InChI=1S/C29H29N3O3/c1-6-8-11-19(7-2)20-14-16-21(17-15-20)32-26(22-12-9-10-13-23(22)35-5)24-25(28(32)34)30-31-27(24)29(3,4)18-33/h1,7-17,26,33H,18H2,2-5H3,(H,30,31)/b11-8-,19-7+. The zero-order valence-electron chi connectivity index (χ0n) is 20.4. The minimum atomic E-state index is -0.620. The zero-order valence-corrected chi connectivity index (χ0v) is 20.4. The topological polar surface area (TPSA) is 78.5 Å². The smallest absolute Gasteiger partial charge is 0.280 e. The molecule has 1 aliphatic heterocycles. The van der Waals surface area contributed by atoms with Crippen LogP contribution in [0.2, 0.25) is 0 Å². The first-order valence-electron chi connectivity index (χ1n) is 11.4. The number of ether oxygens (including phenoxy) is 1. The molecule has 1 aromatic heterocycles. The molecule has 3 aromatic rings. The van der Waals surface area contributed by atoms with Gasteiger partial charge in [-0.15, -0.1) is 6.42 Å². The molecule has 0 saturated carbocycles. The molecule has 178 valence electrons. The summed E-state index contributed by atoms with van der Waals surface area (Å²) in [7, 11) is 1.62. The van der Waals surface area contributed by atoms with Gasteiger partial charge in [-0.1, -0.05) is 56.2 Å². The summed E-state index contributed by atoms with van der Waals surface area (Å²) in [6.45, 7) is 5.70. The number of amides is 1. The van der Waals surface area contributed by atoms with Crippen molar-refractivity contribution in [2.45, 2.75) is 32.2 Å². The first-order valence-corrected chi connectivity index (χ1v) is 11.4. The Morgan fingerprint density at radius 3 is 2.60 bits per heavy atom. The van der Waals surface area contributed by atoms with Gasteiger partial charge in [0.15, 0.2) is 5.69 Å². The maximum atomic E-state index is 13.7. The van der Waals surface area contributed by atoms with Crippen LogP contribution in [0.3, 0.4) is 0 Å². The summed E-state index contributed by atoms with van der Waals surface area (Å²) in [6.07, 6.45) is 10.9. The van der Waals surface area contributed by atoms with E-state index in [2.05, 4.69) is 16.1 Å². The van der Waals surface area contributed by atoms with E-state index >= 15 is 0 Å². The Bertz CT molecular complexity index is 1340. The highest BCUT2D eigenvalue weighted by molar-refractivity contribution is 6.11. The summed E-state index contributed by atoms with van der Waals surface area (Å²) >= 11 is 0. The fraction of sp³-hybridized carbons (Fsp3) is 0.241. The number of nitrogens with zero attached hydrogens (tertiary/aromatic N) is 2. The third-order valence-electron chi connectivity index (χ3n) is 6.41. The van der Waals surface area contributed by atoms with Crippen molar-refractivity contribution in [1.82, 2.24) is 10.2 Å². The number of terminal acetylenes is 1. The predicted molar refractivity (Wildman–Crippen MR) is 138 cm³/mol. The summed E-state index contributed by atoms with van der Waals surface area (Å²) in [6, 6.07) is 15.0. The minimum absolute atomic E-state index is 0.0968. The van der Waals surface area contributed by atoms with Crippen LogP contribution in [0.1, 0.15) is 59.7 Å². The lowest BCUT2D eigenvalue weighted by atomic mass is 9.84. The summed E-state index contributed by atoms with van der Waals surface area (Å²) < 4.78 is 5.67. The average molecular weight is 468 g/mol. The number of para-hydroxylation sites is 1. The van der Waals surface area contributed by atoms with Gasteiger partial charge in [-0.05, 0) is 48.4 Å². The highest BCUT2D eigenvalue weighted by atomic mass is 16.5. The molecule has 6 nitrogen and oxygen atoms in total. The lowest BCUT2D eigenvalue weighted by Crippen LogP contribution is -2.31. The summed E-state index contributed by atoms with van der Waals surface area (Å²) in [4.78, 5) is 15.5. The van der Waals surface area contributed by atoms with Crippen LogP contribution in [0.25, 0.3) is 5.57 Å². The lowest BCUT2D eigenvalue weighted by Gasteiger charge is -2.30. The number of aliphatic hydroxyl groups is 1. The van der Waals surface area contributed by atoms with E-state index in [0.717, 1.165) is 33.6 Å². The van der Waals surface area contributed by atoms with Gasteiger partial charge in [0.05, 0.1) is 19.8 Å². The van der Waals surface area contributed by atoms with E-state index in [0.29, 0.717) is 11.4 Å². The van der Waals surface area contributed by atoms with E-state index in [1.54, 1.807) is 18.1 Å². The van der Waals surface area contributed by atoms with Crippen molar-refractivity contribution in [3.8, 4) is 18.1 Å². The number of carbonyl (C=O) groups excluding carboxylic acids is 1. The first kappa shape index (κ1) is 24.1. The second kappa shape index (κ2) is 9.65.